The van der Waals surface area contributed by atoms with E-state index in [0.717, 1.165) is 25.7 Å². The lowest BCUT2D eigenvalue weighted by molar-refractivity contribution is -0.149. The zero-order valence-corrected chi connectivity index (χ0v) is 18.9. The summed E-state index contributed by atoms with van der Waals surface area (Å²) in [5.74, 6) is 0.323. The molecule has 0 aliphatic heterocycles. The van der Waals surface area contributed by atoms with Crippen LogP contribution in [0.1, 0.15) is 63.7 Å². The summed E-state index contributed by atoms with van der Waals surface area (Å²) in [6.45, 7) is 8.16. The minimum absolute atomic E-state index is 0.0318. The smallest absolute Gasteiger partial charge is 0.407 e. The summed E-state index contributed by atoms with van der Waals surface area (Å²) in [6, 6.07) is 6.95. The Kier molecular flexibility index (Phi) is 9.15. The molecule has 1 aromatic carbocycles. The predicted molar refractivity (Wildman–Crippen MR) is 116 cm³/mol. The summed E-state index contributed by atoms with van der Waals surface area (Å²) in [5, 5.41) is 5.34. The molecule has 31 heavy (non-hydrogen) atoms. The summed E-state index contributed by atoms with van der Waals surface area (Å²) in [6.07, 6.45) is 2.68. The van der Waals surface area contributed by atoms with E-state index in [2.05, 4.69) is 10.6 Å². The third-order valence-corrected chi connectivity index (χ3v) is 4.79. The normalized spacial score (nSPS) is 18.6. The highest BCUT2D eigenvalue weighted by molar-refractivity contribution is 5.94. The van der Waals surface area contributed by atoms with Gasteiger partial charge in [0, 0.05) is 18.7 Å². The Morgan fingerprint density at radius 1 is 0.968 bits per heavy atom. The minimum Gasteiger partial charge on any atom is -0.490 e. The van der Waals surface area contributed by atoms with Gasteiger partial charge < -0.3 is 24.8 Å². The zero-order chi connectivity index (χ0) is 22.9. The van der Waals surface area contributed by atoms with Crippen LogP contribution in [0.2, 0.25) is 0 Å². The number of alkyl carbamates (subject to hydrolysis) is 1. The molecule has 8 heteroatoms. The van der Waals surface area contributed by atoms with Gasteiger partial charge in [0.1, 0.15) is 11.4 Å². The first-order valence-electron chi connectivity index (χ1n) is 10.9. The van der Waals surface area contributed by atoms with Gasteiger partial charge in [0.05, 0.1) is 18.6 Å². The van der Waals surface area contributed by atoms with Crippen molar-refractivity contribution in [3.05, 3.63) is 29.8 Å². The fraction of sp³-hybridized carbons (Fsp3) is 0.609. The monoisotopic (exact) mass is 434 g/mol. The number of ether oxygens (including phenoxy) is 3. The van der Waals surface area contributed by atoms with Gasteiger partial charge in [-0.3, -0.25) is 9.59 Å². The molecule has 2 amide bonds. The van der Waals surface area contributed by atoms with Crippen molar-refractivity contribution in [2.75, 3.05) is 19.7 Å². The van der Waals surface area contributed by atoms with Crippen molar-refractivity contribution >= 4 is 18.0 Å². The summed E-state index contributed by atoms with van der Waals surface area (Å²) in [7, 11) is 0. The van der Waals surface area contributed by atoms with E-state index >= 15 is 0 Å². The average Bonchev–Trinajstić information content (AvgIpc) is 2.71. The van der Waals surface area contributed by atoms with E-state index in [1.165, 1.54) is 0 Å². The van der Waals surface area contributed by atoms with Gasteiger partial charge in [-0.15, -0.1) is 0 Å². The number of benzene rings is 1. The van der Waals surface area contributed by atoms with Gasteiger partial charge in [-0.2, -0.15) is 0 Å². The SMILES string of the molecule is CCOC(=O)C1CCC(Oc2ccc(C(=O)NCCNC(=O)OC(C)(C)C)cc2)CC1. The molecule has 2 rings (SSSR count). The molecule has 0 spiro atoms. The van der Waals surface area contributed by atoms with E-state index in [0.29, 0.717) is 24.5 Å². The fourth-order valence-electron chi connectivity index (χ4n) is 3.31. The highest BCUT2D eigenvalue weighted by Crippen LogP contribution is 2.28. The molecule has 1 aliphatic carbocycles. The largest absolute Gasteiger partial charge is 0.490 e. The Hall–Kier alpha value is -2.77. The third kappa shape index (κ3) is 8.86. The summed E-state index contributed by atoms with van der Waals surface area (Å²) < 4.78 is 16.2. The first-order chi connectivity index (χ1) is 14.7. The molecule has 0 radical (unpaired) electrons. The van der Waals surface area contributed by atoms with Crippen LogP contribution in [0.5, 0.6) is 5.75 Å². The van der Waals surface area contributed by atoms with Crippen molar-refractivity contribution in [3.63, 3.8) is 0 Å². The van der Waals surface area contributed by atoms with Gasteiger partial charge in [0.25, 0.3) is 5.91 Å². The van der Waals surface area contributed by atoms with Crippen LogP contribution in [0.4, 0.5) is 4.79 Å². The topological polar surface area (TPSA) is 103 Å². The van der Waals surface area contributed by atoms with Gasteiger partial charge in [0.15, 0.2) is 0 Å². The molecule has 0 aromatic heterocycles. The van der Waals surface area contributed by atoms with Crippen LogP contribution in [0.15, 0.2) is 24.3 Å². The molecule has 2 N–H and O–H groups in total. The first kappa shape index (κ1) is 24.5. The molecule has 172 valence electrons. The number of rotatable bonds is 8. The average molecular weight is 435 g/mol. The van der Waals surface area contributed by atoms with E-state index in [4.69, 9.17) is 14.2 Å². The molecule has 8 nitrogen and oxygen atoms in total. The van der Waals surface area contributed by atoms with Crippen molar-refractivity contribution in [2.45, 2.75) is 65.1 Å². The molecule has 0 bridgehead atoms. The molecule has 1 saturated carbocycles. The van der Waals surface area contributed by atoms with Crippen molar-refractivity contribution in [2.24, 2.45) is 5.92 Å². The van der Waals surface area contributed by atoms with E-state index in [-0.39, 0.29) is 30.4 Å². The summed E-state index contributed by atoms with van der Waals surface area (Å²) in [4.78, 5) is 35.6. The van der Waals surface area contributed by atoms with Gasteiger partial charge in [-0.1, -0.05) is 0 Å². The van der Waals surface area contributed by atoms with Crippen LogP contribution < -0.4 is 15.4 Å². The van der Waals surface area contributed by atoms with Crippen molar-refractivity contribution in [1.29, 1.82) is 0 Å². The minimum atomic E-state index is -0.558. The quantitative estimate of drug-likeness (QED) is 0.480. The lowest BCUT2D eigenvalue weighted by Gasteiger charge is -2.27. The Balaban J connectivity index is 1.70. The van der Waals surface area contributed by atoms with Crippen LogP contribution in [0.25, 0.3) is 0 Å². The zero-order valence-electron chi connectivity index (χ0n) is 18.9. The third-order valence-electron chi connectivity index (χ3n) is 4.79. The number of carbonyl (C=O) groups is 3. The van der Waals surface area contributed by atoms with E-state index < -0.39 is 11.7 Å². The summed E-state index contributed by atoms with van der Waals surface area (Å²) >= 11 is 0. The van der Waals surface area contributed by atoms with Crippen LogP contribution in [-0.4, -0.2) is 49.4 Å². The van der Waals surface area contributed by atoms with Crippen molar-refractivity contribution in [3.8, 4) is 5.75 Å². The number of esters is 1. The molecule has 0 heterocycles. The fourth-order valence-corrected chi connectivity index (χ4v) is 3.31. The van der Waals surface area contributed by atoms with Crippen LogP contribution >= 0.6 is 0 Å². The van der Waals surface area contributed by atoms with Crippen LogP contribution in [0.3, 0.4) is 0 Å². The predicted octanol–water partition coefficient (Wildman–Crippen LogP) is 3.44. The number of amides is 2. The Labute approximate surface area is 184 Å². The molecule has 1 aliphatic rings. The van der Waals surface area contributed by atoms with E-state index in [1.54, 1.807) is 45.0 Å². The Morgan fingerprint density at radius 2 is 1.58 bits per heavy atom. The number of hydrogen-bond acceptors (Lipinski definition) is 6. The number of hydrogen-bond donors (Lipinski definition) is 2. The van der Waals surface area contributed by atoms with Gasteiger partial charge >= 0.3 is 12.1 Å². The van der Waals surface area contributed by atoms with E-state index in [1.807, 2.05) is 6.92 Å². The highest BCUT2D eigenvalue weighted by atomic mass is 16.6. The Morgan fingerprint density at radius 3 is 2.16 bits per heavy atom. The van der Waals surface area contributed by atoms with Crippen LogP contribution in [-0.2, 0) is 14.3 Å². The Bertz CT molecular complexity index is 733. The molecule has 0 atom stereocenters. The first-order valence-corrected chi connectivity index (χ1v) is 10.9. The molecule has 0 saturated heterocycles. The highest BCUT2D eigenvalue weighted by Gasteiger charge is 2.28. The van der Waals surface area contributed by atoms with Gasteiger partial charge in [-0.05, 0) is 77.6 Å². The maximum Gasteiger partial charge on any atom is 0.407 e. The maximum atomic E-state index is 12.2. The molecule has 0 unspecified atom stereocenters. The second-order valence-electron chi connectivity index (χ2n) is 8.55. The second kappa shape index (κ2) is 11.6. The lowest BCUT2D eigenvalue weighted by atomic mass is 9.87. The van der Waals surface area contributed by atoms with Crippen LogP contribution in [0, 0.1) is 5.92 Å². The van der Waals surface area contributed by atoms with Gasteiger partial charge in [-0.25, -0.2) is 4.79 Å². The molecule has 1 fully saturated rings. The maximum absolute atomic E-state index is 12.2. The number of carbonyl (C=O) groups excluding carboxylic acids is 3. The second-order valence-corrected chi connectivity index (χ2v) is 8.55. The lowest BCUT2D eigenvalue weighted by Crippen LogP contribution is -2.37. The molecular weight excluding hydrogens is 400 g/mol. The van der Waals surface area contributed by atoms with Crippen molar-refractivity contribution < 1.29 is 28.6 Å². The van der Waals surface area contributed by atoms with E-state index in [9.17, 15) is 14.4 Å². The molecular formula is C23H34N2O6. The number of nitrogens with one attached hydrogen (secondary N) is 2. The molecule has 1 aromatic rings. The van der Waals surface area contributed by atoms with Crippen molar-refractivity contribution in [1.82, 2.24) is 10.6 Å². The summed E-state index contributed by atoms with van der Waals surface area (Å²) in [5.41, 5.74) is -0.0483. The standard InChI is InChI=1S/C23H34N2O6/c1-5-29-21(27)17-8-12-19(13-9-17)30-18-10-6-16(7-11-18)20(26)24-14-15-25-22(28)31-23(2,3)4/h6-7,10-11,17,19H,5,8-9,12-15H2,1-4H3,(H,24,26)(H,25,28). The van der Waals surface area contributed by atoms with Gasteiger partial charge in [0.2, 0.25) is 0 Å².